The van der Waals surface area contributed by atoms with Crippen molar-refractivity contribution >= 4 is 17.7 Å². The van der Waals surface area contributed by atoms with E-state index in [1.807, 2.05) is 18.5 Å². The molecule has 0 bridgehead atoms. The second-order valence-electron chi connectivity index (χ2n) is 5.77. The van der Waals surface area contributed by atoms with Gasteiger partial charge in [0.25, 0.3) is 5.91 Å². The van der Waals surface area contributed by atoms with Crippen molar-refractivity contribution in [2.75, 3.05) is 19.6 Å². The highest BCUT2D eigenvalue weighted by molar-refractivity contribution is 7.99. The number of hydrogen-bond donors (Lipinski definition) is 2. The molecular formula is C16H22N6OS. The lowest BCUT2D eigenvalue weighted by atomic mass is 9.97. The Morgan fingerprint density at radius 2 is 2.21 bits per heavy atom. The zero-order valence-electron chi connectivity index (χ0n) is 14.0. The van der Waals surface area contributed by atoms with E-state index in [2.05, 4.69) is 25.8 Å². The molecule has 0 unspecified atom stereocenters. The van der Waals surface area contributed by atoms with E-state index in [1.165, 1.54) is 11.8 Å². The maximum absolute atomic E-state index is 11.9. The average molecular weight is 346 g/mol. The fourth-order valence-corrected chi connectivity index (χ4v) is 3.61. The molecule has 0 radical (unpaired) electrons. The van der Waals surface area contributed by atoms with Gasteiger partial charge in [-0.15, -0.1) is 10.2 Å². The van der Waals surface area contributed by atoms with Crippen LogP contribution in [-0.4, -0.2) is 45.3 Å². The number of pyridine rings is 1. The molecule has 0 atom stereocenters. The maximum Gasteiger partial charge on any atom is 0.251 e. The standard InChI is InChI=1S/C16H22N6OS/c1-3-18-15(23)12-6-9-19-13(10-12)24-16-21-20-14(22(16)2)11-4-7-17-8-5-11/h6,9-11,17H,3-5,7-8H2,1-2H3,(H,18,23). The van der Waals surface area contributed by atoms with E-state index >= 15 is 0 Å². The van der Waals surface area contributed by atoms with Crippen LogP contribution in [0, 0.1) is 0 Å². The third kappa shape index (κ3) is 3.76. The molecule has 2 aromatic heterocycles. The lowest BCUT2D eigenvalue weighted by molar-refractivity contribution is 0.0955. The van der Waals surface area contributed by atoms with Crippen LogP contribution in [-0.2, 0) is 7.05 Å². The highest BCUT2D eigenvalue weighted by Gasteiger charge is 2.22. The van der Waals surface area contributed by atoms with Gasteiger partial charge in [0.05, 0.1) is 0 Å². The molecule has 0 spiro atoms. The summed E-state index contributed by atoms with van der Waals surface area (Å²) < 4.78 is 2.04. The first-order valence-corrected chi connectivity index (χ1v) is 9.02. The summed E-state index contributed by atoms with van der Waals surface area (Å²) in [5.74, 6) is 1.39. The zero-order valence-corrected chi connectivity index (χ0v) is 14.8. The van der Waals surface area contributed by atoms with Crippen LogP contribution in [0.5, 0.6) is 0 Å². The molecule has 24 heavy (non-hydrogen) atoms. The van der Waals surface area contributed by atoms with Crippen LogP contribution < -0.4 is 10.6 Å². The lowest BCUT2D eigenvalue weighted by Gasteiger charge is -2.21. The Bertz CT molecular complexity index is 710. The molecule has 0 aromatic carbocycles. The van der Waals surface area contributed by atoms with Crippen molar-refractivity contribution in [3.05, 3.63) is 29.7 Å². The normalized spacial score (nSPS) is 15.4. The average Bonchev–Trinajstić information content (AvgIpc) is 2.97. The monoisotopic (exact) mass is 346 g/mol. The van der Waals surface area contributed by atoms with Crippen LogP contribution in [0.3, 0.4) is 0 Å². The predicted molar refractivity (Wildman–Crippen MR) is 92.2 cm³/mol. The smallest absolute Gasteiger partial charge is 0.251 e. The third-order valence-corrected chi connectivity index (χ3v) is 5.07. The van der Waals surface area contributed by atoms with Gasteiger partial charge in [0, 0.05) is 31.3 Å². The minimum absolute atomic E-state index is 0.0879. The van der Waals surface area contributed by atoms with Gasteiger partial charge in [0.2, 0.25) is 0 Å². The van der Waals surface area contributed by atoms with Crippen molar-refractivity contribution in [3.63, 3.8) is 0 Å². The molecule has 1 fully saturated rings. The highest BCUT2D eigenvalue weighted by Crippen LogP contribution is 2.29. The molecule has 8 heteroatoms. The Balaban J connectivity index is 1.75. The molecule has 0 aliphatic carbocycles. The Morgan fingerprint density at radius 3 is 2.96 bits per heavy atom. The van der Waals surface area contributed by atoms with Gasteiger partial charge in [-0.3, -0.25) is 4.79 Å². The molecule has 1 amide bonds. The largest absolute Gasteiger partial charge is 0.352 e. The number of rotatable bonds is 5. The molecule has 1 aliphatic heterocycles. The Labute approximate surface area is 145 Å². The van der Waals surface area contributed by atoms with Crippen LogP contribution in [0.2, 0.25) is 0 Å². The first kappa shape index (κ1) is 16.9. The van der Waals surface area contributed by atoms with Gasteiger partial charge < -0.3 is 15.2 Å². The van der Waals surface area contributed by atoms with Gasteiger partial charge in [-0.2, -0.15) is 0 Å². The van der Waals surface area contributed by atoms with Crippen LogP contribution in [0.15, 0.2) is 28.5 Å². The molecule has 7 nitrogen and oxygen atoms in total. The van der Waals surface area contributed by atoms with Crippen LogP contribution >= 0.6 is 11.8 Å². The quantitative estimate of drug-likeness (QED) is 0.855. The first-order valence-electron chi connectivity index (χ1n) is 8.21. The van der Waals surface area contributed by atoms with Crippen molar-refractivity contribution < 1.29 is 4.79 Å². The molecule has 3 rings (SSSR count). The SMILES string of the molecule is CCNC(=O)c1ccnc(Sc2nnc(C3CCNCC3)n2C)c1. The van der Waals surface area contributed by atoms with Crippen LogP contribution in [0.1, 0.15) is 41.9 Å². The van der Waals surface area contributed by atoms with Gasteiger partial charge in [0.1, 0.15) is 10.9 Å². The second-order valence-corrected chi connectivity index (χ2v) is 6.76. The molecule has 1 aliphatic rings. The minimum Gasteiger partial charge on any atom is -0.352 e. The van der Waals surface area contributed by atoms with E-state index in [0.717, 1.165) is 41.9 Å². The zero-order chi connectivity index (χ0) is 16.9. The maximum atomic E-state index is 11.9. The van der Waals surface area contributed by atoms with Gasteiger partial charge in [-0.25, -0.2) is 4.98 Å². The van der Waals surface area contributed by atoms with Crippen molar-refractivity contribution in [2.45, 2.75) is 35.9 Å². The van der Waals surface area contributed by atoms with Crippen molar-refractivity contribution in [1.29, 1.82) is 0 Å². The first-order chi connectivity index (χ1) is 11.7. The molecule has 1 saturated heterocycles. The third-order valence-electron chi connectivity index (χ3n) is 4.10. The van der Waals surface area contributed by atoms with E-state index in [9.17, 15) is 4.79 Å². The Morgan fingerprint density at radius 1 is 1.42 bits per heavy atom. The molecule has 0 saturated carbocycles. The van der Waals surface area contributed by atoms with E-state index < -0.39 is 0 Å². The van der Waals surface area contributed by atoms with Gasteiger partial charge in [0.15, 0.2) is 5.16 Å². The number of hydrogen-bond acceptors (Lipinski definition) is 6. The van der Waals surface area contributed by atoms with E-state index in [0.29, 0.717) is 18.0 Å². The number of nitrogens with zero attached hydrogens (tertiary/aromatic N) is 4. The van der Waals surface area contributed by atoms with Crippen molar-refractivity contribution in [2.24, 2.45) is 7.05 Å². The fourth-order valence-electron chi connectivity index (χ4n) is 2.81. The topological polar surface area (TPSA) is 84.7 Å². The van der Waals surface area contributed by atoms with Gasteiger partial charge >= 0.3 is 0 Å². The predicted octanol–water partition coefficient (Wildman–Crippen LogP) is 1.58. The summed E-state index contributed by atoms with van der Waals surface area (Å²) in [5.41, 5.74) is 0.607. The summed E-state index contributed by atoms with van der Waals surface area (Å²) in [4.78, 5) is 16.3. The summed E-state index contributed by atoms with van der Waals surface area (Å²) in [6.07, 6.45) is 3.82. The molecule has 2 aromatic rings. The van der Waals surface area contributed by atoms with E-state index in [-0.39, 0.29) is 5.91 Å². The van der Waals surface area contributed by atoms with Crippen molar-refractivity contribution in [1.82, 2.24) is 30.4 Å². The number of piperidine rings is 1. The number of nitrogens with one attached hydrogen (secondary N) is 2. The molecular weight excluding hydrogens is 324 g/mol. The van der Waals surface area contributed by atoms with Gasteiger partial charge in [-0.1, -0.05) is 0 Å². The summed E-state index contributed by atoms with van der Waals surface area (Å²) in [6.45, 7) is 4.55. The molecule has 3 heterocycles. The number of carbonyl (C=O) groups excluding carboxylic acids is 1. The van der Waals surface area contributed by atoms with Crippen LogP contribution in [0.4, 0.5) is 0 Å². The highest BCUT2D eigenvalue weighted by atomic mass is 32.2. The number of amides is 1. The van der Waals surface area contributed by atoms with Gasteiger partial charge in [-0.05, 0) is 56.7 Å². The number of carbonyl (C=O) groups is 1. The fraction of sp³-hybridized carbons (Fsp3) is 0.500. The number of aromatic nitrogens is 4. The minimum atomic E-state index is -0.0879. The summed E-state index contributed by atoms with van der Waals surface area (Å²) in [7, 11) is 1.99. The lowest BCUT2D eigenvalue weighted by Crippen LogP contribution is -2.27. The summed E-state index contributed by atoms with van der Waals surface area (Å²) >= 11 is 1.43. The van der Waals surface area contributed by atoms with E-state index in [1.54, 1.807) is 18.3 Å². The van der Waals surface area contributed by atoms with E-state index in [4.69, 9.17) is 0 Å². The summed E-state index contributed by atoms with van der Waals surface area (Å²) in [5, 5.41) is 16.4. The van der Waals surface area contributed by atoms with Crippen LogP contribution in [0.25, 0.3) is 0 Å². The summed E-state index contributed by atoms with van der Waals surface area (Å²) in [6, 6.07) is 3.50. The van der Waals surface area contributed by atoms with Crippen molar-refractivity contribution in [3.8, 4) is 0 Å². The molecule has 2 N–H and O–H groups in total. The Hall–Kier alpha value is -1.93. The second kappa shape index (κ2) is 7.76. The molecule has 128 valence electrons. The Kier molecular flexibility index (Phi) is 5.47.